The van der Waals surface area contributed by atoms with Crippen LogP contribution in [0.2, 0.25) is 0 Å². The fourth-order valence-corrected chi connectivity index (χ4v) is 4.46. The second-order valence-corrected chi connectivity index (χ2v) is 8.27. The lowest BCUT2D eigenvalue weighted by Gasteiger charge is -2.08. The number of imidazole rings is 1. The lowest BCUT2D eigenvalue weighted by Crippen LogP contribution is -2.19. The van der Waals surface area contributed by atoms with Gasteiger partial charge >= 0.3 is 0 Å². The number of hydrogen-bond acceptors (Lipinski definition) is 6. The molecule has 2 heterocycles. The van der Waals surface area contributed by atoms with Gasteiger partial charge in [-0.1, -0.05) is 23.5 Å². The third kappa shape index (κ3) is 4.41. The Balaban J connectivity index is 1.55. The van der Waals surface area contributed by atoms with Crippen LogP contribution in [0, 0.1) is 0 Å². The summed E-state index contributed by atoms with van der Waals surface area (Å²) in [6.07, 6.45) is 0. The molecule has 2 aromatic carbocycles. The van der Waals surface area contributed by atoms with Gasteiger partial charge in [0.1, 0.15) is 6.54 Å². The average Bonchev–Trinajstić information content (AvgIpc) is 3.21. The van der Waals surface area contributed by atoms with Crippen LogP contribution in [-0.2, 0) is 16.1 Å². The van der Waals surface area contributed by atoms with Gasteiger partial charge in [-0.25, -0.2) is 9.97 Å². The lowest BCUT2D eigenvalue weighted by atomic mass is 10.3. The third-order valence-corrected chi connectivity index (χ3v) is 5.71. The first-order chi connectivity index (χ1) is 14.4. The van der Waals surface area contributed by atoms with Gasteiger partial charge in [-0.2, -0.15) is 8.78 Å². The molecule has 0 aliphatic rings. The molecule has 11 heteroatoms. The maximum atomic E-state index is 12.9. The van der Waals surface area contributed by atoms with E-state index in [1.165, 1.54) is 22.8 Å². The molecule has 2 N–H and O–H groups in total. The summed E-state index contributed by atoms with van der Waals surface area (Å²) < 4.78 is 28.1. The first-order valence-electron chi connectivity index (χ1n) is 8.77. The summed E-state index contributed by atoms with van der Waals surface area (Å²) in [5.74, 6) is -3.24. The normalized spacial score (nSPS) is 11.3. The van der Waals surface area contributed by atoms with Crippen molar-refractivity contribution in [3.8, 4) is 0 Å². The Morgan fingerprint density at radius 3 is 2.70 bits per heavy atom. The fourth-order valence-electron chi connectivity index (χ4n) is 2.94. The van der Waals surface area contributed by atoms with Gasteiger partial charge in [0.15, 0.2) is 10.3 Å². The minimum Gasteiger partial charge on any atom is -0.326 e. The molecule has 0 aliphatic carbocycles. The summed E-state index contributed by atoms with van der Waals surface area (Å²) in [4.78, 5) is 32.4. The number of alkyl halides is 2. The molecule has 30 heavy (non-hydrogen) atoms. The van der Waals surface area contributed by atoms with Crippen LogP contribution in [-0.4, -0.2) is 32.1 Å². The van der Waals surface area contributed by atoms with Crippen molar-refractivity contribution >= 4 is 67.0 Å². The highest BCUT2D eigenvalue weighted by Gasteiger charge is 2.18. The van der Waals surface area contributed by atoms with Gasteiger partial charge < -0.3 is 15.2 Å². The van der Waals surface area contributed by atoms with E-state index in [1.807, 2.05) is 0 Å². The highest BCUT2D eigenvalue weighted by atomic mass is 32.2. The molecule has 0 spiro atoms. The maximum Gasteiger partial charge on any atom is 0.291 e. The van der Waals surface area contributed by atoms with Crippen LogP contribution >= 0.6 is 23.1 Å². The highest BCUT2D eigenvalue weighted by Crippen LogP contribution is 2.30. The summed E-state index contributed by atoms with van der Waals surface area (Å²) in [6, 6.07) is 12.2. The molecule has 0 saturated carbocycles. The quantitative estimate of drug-likeness (QED) is 0.423. The van der Waals surface area contributed by atoms with Crippen molar-refractivity contribution in [1.82, 2.24) is 14.5 Å². The number of aromatic nitrogens is 3. The average molecular weight is 447 g/mol. The molecular weight excluding hydrogens is 432 g/mol. The van der Waals surface area contributed by atoms with E-state index in [9.17, 15) is 18.4 Å². The molecule has 4 rings (SSSR count). The van der Waals surface area contributed by atoms with Crippen LogP contribution in [0.4, 0.5) is 19.6 Å². The van der Waals surface area contributed by atoms with E-state index in [0.717, 1.165) is 4.70 Å². The number of benzene rings is 2. The van der Waals surface area contributed by atoms with Crippen LogP contribution in [0.25, 0.3) is 21.3 Å². The zero-order chi connectivity index (χ0) is 21.3. The van der Waals surface area contributed by atoms with Gasteiger partial charge in [-0.05, 0) is 42.1 Å². The van der Waals surface area contributed by atoms with Crippen molar-refractivity contribution in [2.24, 2.45) is 0 Å². The van der Waals surface area contributed by atoms with Gasteiger partial charge in [-0.3, -0.25) is 9.59 Å². The number of halogens is 2. The van der Waals surface area contributed by atoms with E-state index in [-0.39, 0.29) is 17.6 Å². The maximum absolute atomic E-state index is 12.9. The summed E-state index contributed by atoms with van der Waals surface area (Å²) in [7, 11) is 0. The Morgan fingerprint density at radius 2 is 1.93 bits per heavy atom. The lowest BCUT2D eigenvalue weighted by molar-refractivity contribution is -0.117. The Hall–Kier alpha value is -3.05. The van der Waals surface area contributed by atoms with Crippen molar-refractivity contribution in [2.45, 2.75) is 24.4 Å². The predicted octanol–water partition coefficient (Wildman–Crippen LogP) is 4.56. The summed E-state index contributed by atoms with van der Waals surface area (Å²) >= 11 is 1.55. The number of amides is 2. The zero-order valence-electron chi connectivity index (χ0n) is 15.6. The first kappa shape index (κ1) is 20.2. The molecule has 4 aromatic rings. The minimum absolute atomic E-state index is 0.0746. The van der Waals surface area contributed by atoms with Gasteiger partial charge in [0.05, 0.1) is 21.3 Å². The minimum atomic E-state index is -2.65. The number of hydrogen-bond donors (Lipinski definition) is 2. The number of anilines is 2. The third-order valence-electron chi connectivity index (χ3n) is 4.07. The Kier molecular flexibility index (Phi) is 5.64. The molecule has 7 nitrogen and oxygen atoms in total. The monoisotopic (exact) mass is 447 g/mol. The second kappa shape index (κ2) is 8.36. The Morgan fingerprint density at radius 1 is 1.13 bits per heavy atom. The van der Waals surface area contributed by atoms with Gasteiger partial charge in [0, 0.05) is 12.6 Å². The number of thiazole rings is 1. The van der Waals surface area contributed by atoms with Gasteiger partial charge in [0.2, 0.25) is 11.8 Å². The first-order valence-corrected chi connectivity index (χ1v) is 10.5. The standard InChI is InChI=1S/C19H15F2N5O2S2/c1-10(27)22-11-6-7-13-15(8-11)29-18(23-13)25-16(28)9-26-14-5-3-2-4-12(14)24-19(26)30-17(20)21/h2-8,17H,9H2,1H3,(H,22,27)(H,23,25,28). The molecule has 0 aliphatic heterocycles. The van der Waals surface area contributed by atoms with Crippen molar-refractivity contribution < 1.29 is 18.4 Å². The van der Waals surface area contributed by atoms with Crippen molar-refractivity contribution in [3.05, 3.63) is 42.5 Å². The molecule has 0 radical (unpaired) electrons. The van der Waals surface area contributed by atoms with E-state index in [0.29, 0.717) is 39.1 Å². The van der Waals surface area contributed by atoms with Crippen molar-refractivity contribution in [2.75, 3.05) is 10.6 Å². The Labute approximate surface area is 177 Å². The molecule has 0 saturated heterocycles. The SMILES string of the molecule is CC(=O)Nc1ccc2nc(NC(=O)Cn3c(SC(F)F)nc4ccccc43)sc2c1. The number of carbonyl (C=O) groups excluding carboxylic acids is 2. The van der Waals surface area contributed by atoms with E-state index in [1.54, 1.807) is 42.5 Å². The summed E-state index contributed by atoms with van der Waals surface area (Å²) in [5, 5.41) is 5.86. The van der Waals surface area contributed by atoms with Crippen LogP contribution in [0.3, 0.4) is 0 Å². The molecule has 2 aromatic heterocycles. The smallest absolute Gasteiger partial charge is 0.291 e. The molecule has 0 fully saturated rings. The fraction of sp³-hybridized carbons (Fsp3) is 0.158. The highest BCUT2D eigenvalue weighted by molar-refractivity contribution is 7.99. The molecule has 154 valence electrons. The van der Waals surface area contributed by atoms with Crippen LogP contribution in [0.1, 0.15) is 6.92 Å². The van der Waals surface area contributed by atoms with Crippen molar-refractivity contribution in [1.29, 1.82) is 0 Å². The van der Waals surface area contributed by atoms with Gasteiger partial charge in [-0.15, -0.1) is 0 Å². The number of para-hydroxylation sites is 2. The van der Waals surface area contributed by atoms with E-state index in [2.05, 4.69) is 20.6 Å². The van der Waals surface area contributed by atoms with E-state index < -0.39 is 11.7 Å². The van der Waals surface area contributed by atoms with Crippen molar-refractivity contribution in [3.63, 3.8) is 0 Å². The molecule has 0 atom stereocenters. The number of nitrogens with zero attached hydrogens (tertiary/aromatic N) is 3. The molecular formula is C19H15F2N5O2S2. The number of thioether (sulfide) groups is 1. The van der Waals surface area contributed by atoms with Crippen LogP contribution < -0.4 is 10.6 Å². The molecule has 0 unspecified atom stereocenters. The topological polar surface area (TPSA) is 88.9 Å². The molecule has 2 amide bonds. The summed E-state index contributed by atoms with van der Waals surface area (Å²) in [6.45, 7) is 1.24. The van der Waals surface area contributed by atoms with Crippen LogP contribution in [0.15, 0.2) is 47.6 Å². The number of rotatable bonds is 6. The second-order valence-electron chi connectivity index (χ2n) is 6.28. The molecule has 0 bridgehead atoms. The van der Waals surface area contributed by atoms with E-state index in [4.69, 9.17) is 0 Å². The van der Waals surface area contributed by atoms with Gasteiger partial charge in [0.25, 0.3) is 5.76 Å². The zero-order valence-corrected chi connectivity index (χ0v) is 17.2. The van der Waals surface area contributed by atoms with E-state index >= 15 is 0 Å². The predicted molar refractivity (Wildman–Crippen MR) is 114 cm³/mol. The number of fused-ring (bicyclic) bond motifs is 2. The number of nitrogens with one attached hydrogen (secondary N) is 2. The number of carbonyl (C=O) groups is 2. The summed E-state index contributed by atoms with van der Waals surface area (Å²) in [5.41, 5.74) is 2.44. The largest absolute Gasteiger partial charge is 0.326 e. The Bertz CT molecular complexity index is 1250. The van der Waals surface area contributed by atoms with Crippen LogP contribution in [0.5, 0.6) is 0 Å².